The van der Waals surface area contributed by atoms with Gasteiger partial charge in [0, 0.05) is 12.8 Å². The third kappa shape index (κ3) is 4.31. The highest BCUT2D eigenvalue weighted by Crippen LogP contribution is 2.33. The lowest BCUT2D eigenvalue weighted by Gasteiger charge is -2.21. The zero-order chi connectivity index (χ0) is 19.4. The Labute approximate surface area is 155 Å². The molecule has 7 heteroatoms. The Morgan fingerprint density at radius 2 is 1.81 bits per heavy atom. The van der Waals surface area contributed by atoms with E-state index in [0.29, 0.717) is 17.9 Å². The molecule has 0 unspecified atom stereocenters. The molecule has 0 saturated carbocycles. The minimum absolute atomic E-state index is 0.146. The molecule has 0 aliphatic carbocycles. The summed E-state index contributed by atoms with van der Waals surface area (Å²) in [6.45, 7) is 0. The van der Waals surface area contributed by atoms with Crippen molar-refractivity contribution in [1.82, 2.24) is 5.01 Å². The van der Waals surface area contributed by atoms with Crippen LogP contribution < -0.4 is 4.74 Å². The fourth-order valence-electron chi connectivity index (χ4n) is 2.97. The summed E-state index contributed by atoms with van der Waals surface area (Å²) in [7, 11) is 1.58. The fraction of sp³-hybridized carbons (Fsp3) is 0.250. The second-order valence-electron chi connectivity index (χ2n) is 6.18. The van der Waals surface area contributed by atoms with E-state index in [1.165, 1.54) is 17.1 Å². The molecule has 1 N–H and O–H groups in total. The number of aliphatic carboxylic acids is 1. The van der Waals surface area contributed by atoms with Crippen LogP contribution in [0.25, 0.3) is 0 Å². The molecule has 1 amide bonds. The Bertz CT molecular complexity index is 863. The summed E-state index contributed by atoms with van der Waals surface area (Å²) in [4.78, 5) is 23.3. The zero-order valence-electron chi connectivity index (χ0n) is 14.8. The number of carbonyl (C=O) groups is 2. The van der Waals surface area contributed by atoms with Gasteiger partial charge in [0.25, 0.3) is 0 Å². The van der Waals surface area contributed by atoms with E-state index in [2.05, 4.69) is 5.10 Å². The van der Waals surface area contributed by atoms with Crippen molar-refractivity contribution in [3.8, 4) is 5.75 Å². The summed E-state index contributed by atoms with van der Waals surface area (Å²) < 4.78 is 18.4. The number of halogens is 1. The highest BCUT2D eigenvalue weighted by atomic mass is 19.1. The molecule has 6 nitrogen and oxygen atoms in total. The highest BCUT2D eigenvalue weighted by Gasteiger charge is 2.33. The van der Waals surface area contributed by atoms with Gasteiger partial charge in [-0.25, -0.2) is 9.40 Å². The summed E-state index contributed by atoms with van der Waals surface area (Å²) in [6.07, 6.45) is 0.0437. The fourth-order valence-corrected chi connectivity index (χ4v) is 2.97. The van der Waals surface area contributed by atoms with Crippen LogP contribution in [-0.2, 0) is 9.59 Å². The van der Waals surface area contributed by atoms with Gasteiger partial charge in [0.05, 0.1) is 25.3 Å². The van der Waals surface area contributed by atoms with Crippen LogP contribution in [0.2, 0.25) is 0 Å². The maximum Gasteiger partial charge on any atom is 0.303 e. The van der Waals surface area contributed by atoms with Gasteiger partial charge in [-0.1, -0.05) is 12.1 Å². The van der Waals surface area contributed by atoms with Crippen molar-refractivity contribution in [2.24, 2.45) is 5.10 Å². The second kappa shape index (κ2) is 7.99. The molecule has 2 aromatic rings. The minimum Gasteiger partial charge on any atom is -0.497 e. The van der Waals surface area contributed by atoms with Crippen molar-refractivity contribution in [2.75, 3.05) is 7.11 Å². The first-order valence-electron chi connectivity index (χ1n) is 8.49. The quantitative estimate of drug-likeness (QED) is 0.845. The molecule has 0 fully saturated rings. The van der Waals surface area contributed by atoms with E-state index in [1.54, 1.807) is 31.4 Å². The average molecular weight is 370 g/mol. The SMILES string of the molecule is COc1ccc(C2=NN(C(=O)CCC(=O)O)[C@@H](c3ccc(F)cc3)C2)cc1. The molecule has 2 aromatic carbocycles. The molecule has 1 atom stereocenters. The molecule has 0 spiro atoms. The number of carboxylic acids is 1. The van der Waals surface area contributed by atoms with Crippen molar-refractivity contribution >= 4 is 17.6 Å². The molecule has 140 valence electrons. The lowest BCUT2D eigenvalue weighted by molar-refractivity contribution is -0.141. The van der Waals surface area contributed by atoms with Crippen molar-refractivity contribution in [1.29, 1.82) is 0 Å². The first kappa shape index (κ1) is 18.6. The van der Waals surface area contributed by atoms with E-state index in [1.807, 2.05) is 12.1 Å². The number of hydrogen-bond donors (Lipinski definition) is 1. The van der Waals surface area contributed by atoms with E-state index < -0.39 is 12.0 Å². The number of hydrogen-bond acceptors (Lipinski definition) is 4. The van der Waals surface area contributed by atoms with Gasteiger partial charge >= 0.3 is 5.97 Å². The molecular formula is C20H19FN2O4. The summed E-state index contributed by atoms with van der Waals surface area (Å²) in [5.74, 6) is -1.07. The molecular weight excluding hydrogens is 351 g/mol. The molecule has 0 aromatic heterocycles. The van der Waals surface area contributed by atoms with E-state index in [-0.39, 0.29) is 24.6 Å². The Hall–Kier alpha value is -3.22. The summed E-state index contributed by atoms with van der Waals surface area (Å²) >= 11 is 0. The van der Waals surface area contributed by atoms with E-state index in [9.17, 15) is 14.0 Å². The van der Waals surface area contributed by atoms with Gasteiger partial charge in [-0.3, -0.25) is 9.59 Å². The van der Waals surface area contributed by atoms with E-state index >= 15 is 0 Å². The van der Waals surface area contributed by atoms with Crippen LogP contribution >= 0.6 is 0 Å². The second-order valence-corrected chi connectivity index (χ2v) is 6.18. The van der Waals surface area contributed by atoms with Crippen LogP contribution in [0.4, 0.5) is 4.39 Å². The lowest BCUT2D eigenvalue weighted by atomic mass is 9.98. The number of nitrogens with zero attached hydrogens (tertiary/aromatic N) is 2. The third-order valence-corrected chi connectivity index (χ3v) is 4.40. The molecule has 1 aliphatic heterocycles. The number of carbonyl (C=O) groups excluding carboxylic acids is 1. The number of rotatable bonds is 6. The Kier molecular flexibility index (Phi) is 5.49. The van der Waals surface area contributed by atoms with Crippen molar-refractivity contribution in [2.45, 2.75) is 25.3 Å². The maximum atomic E-state index is 13.3. The molecule has 1 heterocycles. The molecule has 0 radical (unpaired) electrons. The number of amides is 1. The van der Waals surface area contributed by atoms with Gasteiger partial charge in [0.15, 0.2) is 0 Å². The number of hydrazone groups is 1. The van der Waals surface area contributed by atoms with Gasteiger partial charge in [0.2, 0.25) is 5.91 Å². The van der Waals surface area contributed by atoms with Crippen molar-refractivity contribution in [3.05, 3.63) is 65.5 Å². The molecule has 3 rings (SSSR count). The van der Waals surface area contributed by atoms with Crippen molar-refractivity contribution < 1.29 is 23.8 Å². The van der Waals surface area contributed by atoms with Crippen molar-refractivity contribution in [3.63, 3.8) is 0 Å². The van der Waals surface area contributed by atoms with E-state index in [4.69, 9.17) is 9.84 Å². The predicted molar refractivity (Wildman–Crippen MR) is 97.0 cm³/mol. The maximum absolute atomic E-state index is 13.3. The number of carboxylic acid groups (broad SMARTS) is 1. The van der Waals surface area contributed by atoms with Gasteiger partial charge in [0.1, 0.15) is 11.6 Å². The Balaban J connectivity index is 1.88. The van der Waals surface area contributed by atoms with Crippen LogP contribution in [0.15, 0.2) is 53.6 Å². The summed E-state index contributed by atoms with van der Waals surface area (Å²) in [5.41, 5.74) is 2.29. The normalized spacial score (nSPS) is 16.1. The largest absolute Gasteiger partial charge is 0.497 e. The van der Waals surface area contributed by atoms with Gasteiger partial charge in [-0.15, -0.1) is 0 Å². The molecule has 0 saturated heterocycles. The average Bonchev–Trinajstić information content (AvgIpc) is 3.12. The Morgan fingerprint density at radius 3 is 2.41 bits per heavy atom. The molecule has 27 heavy (non-hydrogen) atoms. The summed E-state index contributed by atoms with van der Waals surface area (Å²) in [5, 5.41) is 14.6. The third-order valence-electron chi connectivity index (χ3n) is 4.40. The number of benzene rings is 2. The molecule has 0 bridgehead atoms. The molecule has 1 aliphatic rings. The number of methoxy groups -OCH3 is 1. The number of ether oxygens (including phenoxy) is 1. The highest BCUT2D eigenvalue weighted by molar-refractivity contribution is 6.03. The first-order valence-corrected chi connectivity index (χ1v) is 8.49. The summed E-state index contributed by atoms with van der Waals surface area (Å²) in [6, 6.07) is 12.8. The zero-order valence-corrected chi connectivity index (χ0v) is 14.8. The van der Waals surface area contributed by atoms with Gasteiger partial charge < -0.3 is 9.84 Å². The van der Waals surface area contributed by atoms with Gasteiger partial charge in [-0.05, 0) is 47.5 Å². The standard InChI is InChI=1S/C20H19FN2O4/c1-27-16-8-4-13(5-9-16)17-12-18(14-2-6-15(21)7-3-14)23(22-17)19(24)10-11-20(25)26/h2-9,18H,10-12H2,1H3,(H,25,26)/t18-/m1/s1. The monoisotopic (exact) mass is 370 g/mol. The smallest absolute Gasteiger partial charge is 0.303 e. The van der Waals surface area contributed by atoms with Gasteiger partial charge in [-0.2, -0.15) is 5.10 Å². The lowest BCUT2D eigenvalue weighted by Crippen LogP contribution is -2.27. The van der Waals surface area contributed by atoms with Crippen LogP contribution in [-0.4, -0.2) is 34.8 Å². The van der Waals surface area contributed by atoms with Crippen LogP contribution in [0.3, 0.4) is 0 Å². The topological polar surface area (TPSA) is 79.2 Å². The Morgan fingerprint density at radius 1 is 1.15 bits per heavy atom. The predicted octanol–water partition coefficient (Wildman–Crippen LogP) is 3.38. The van der Waals surface area contributed by atoms with Crippen LogP contribution in [0.1, 0.15) is 36.4 Å². The van der Waals surface area contributed by atoms with E-state index in [0.717, 1.165) is 11.1 Å². The minimum atomic E-state index is -1.04. The van der Waals surface area contributed by atoms with Crippen LogP contribution in [0, 0.1) is 5.82 Å². The van der Waals surface area contributed by atoms with Crippen LogP contribution in [0.5, 0.6) is 5.75 Å². The first-order chi connectivity index (χ1) is 13.0.